The quantitative estimate of drug-likeness (QED) is 0.867. The van der Waals surface area contributed by atoms with Crippen molar-refractivity contribution in [3.63, 3.8) is 0 Å². The third-order valence-corrected chi connectivity index (χ3v) is 3.53. The summed E-state index contributed by atoms with van der Waals surface area (Å²) in [4.78, 5) is 23.0. The molecule has 1 aromatic rings. The number of aliphatic carboxylic acids is 1. The number of carbonyl (C=O) groups is 2. The van der Waals surface area contributed by atoms with Crippen LogP contribution >= 0.6 is 0 Å². The van der Waals surface area contributed by atoms with E-state index < -0.39 is 24.0 Å². The van der Waals surface area contributed by atoms with Gasteiger partial charge >= 0.3 is 12.3 Å². The van der Waals surface area contributed by atoms with Gasteiger partial charge in [-0.15, -0.1) is 13.2 Å². The van der Waals surface area contributed by atoms with E-state index in [1.165, 1.54) is 12.1 Å². The SMILES string of the molecule is O=C(O)C1CCC(C(=O)c2ccc(OC(F)(F)F)cc2)C1. The Hall–Kier alpha value is -2.05. The minimum absolute atomic E-state index is 0.239. The van der Waals surface area contributed by atoms with E-state index in [-0.39, 0.29) is 23.7 Å². The minimum Gasteiger partial charge on any atom is -0.481 e. The molecule has 1 aromatic carbocycles. The maximum atomic E-state index is 12.2. The van der Waals surface area contributed by atoms with Gasteiger partial charge in [0, 0.05) is 11.5 Å². The van der Waals surface area contributed by atoms with Crippen LogP contribution in [0.2, 0.25) is 0 Å². The minimum atomic E-state index is -4.77. The van der Waals surface area contributed by atoms with Crippen LogP contribution in [0, 0.1) is 11.8 Å². The van der Waals surface area contributed by atoms with Gasteiger partial charge < -0.3 is 9.84 Å². The fourth-order valence-corrected chi connectivity index (χ4v) is 2.50. The molecule has 2 rings (SSSR count). The summed E-state index contributed by atoms with van der Waals surface area (Å²) in [5, 5.41) is 8.89. The van der Waals surface area contributed by atoms with Gasteiger partial charge in [-0.3, -0.25) is 9.59 Å². The van der Waals surface area contributed by atoms with Gasteiger partial charge in [-0.2, -0.15) is 0 Å². The highest BCUT2D eigenvalue weighted by atomic mass is 19.4. The van der Waals surface area contributed by atoms with Gasteiger partial charge in [-0.05, 0) is 43.5 Å². The number of rotatable bonds is 4. The number of hydrogen-bond acceptors (Lipinski definition) is 3. The molecule has 0 heterocycles. The van der Waals surface area contributed by atoms with Crippen molar-refractivity contribution in [2.75, 3.05) is 0 Å². The standard InChI is InChI=1S/C14H13F3O4/c15-14(16,17)21-11-5-3-8(4-6-11)12(18)9-1-2-10(7-9)13(19)20/h3-6,9-10H,1-2,7H2,(H,19,20). The summed E-state index contributed by atoms with van der Waals surface area (Å²) in [5.74, 6) is -2.46. The average Bonchev–Trinajstić information content (AvgIpc) is 2.86. The molecular formula is C14H13F3O4. The highest BCUT2D eigenvalue weighted by molar-refractivity contribution is 5.98. The van der Waals surface area contributed by atoms with Gasteiger partial charge in [0.25, 0.3) is 0 Å². The Morgan fingerprint density at radius 3 is 2.14 bits per heavy atom. The first kappa shape index (κ1) is 15.3. The van der Waals surface area contributed by atoms with Crippen molar-refractivity contribution in [3.8, 4) is 5.75 Å². The first-order valence-electron chi connectivity index (χ1n) is 6.39. The molecule has 21 heavy (non-hydrogen) atoms. The highest BCUT2D eigenvalue weighted by Crippen LogP contribution is 2.33. The van der Waals surface area contributed by atoms with Crippen LogP contribution in [-0.2, 0) is 4.79 Å². The van der Waals surface area contributed by atoms with Crippen molar-refractivity contribution in [2.24, 2.45) is 11.8 Å². The van der Waals surface area contributed by atoms with Crippen molar-refractivity contribution in [2.45, 2.75) is 25.6 Å². The fraction of sp³-hybridized carbons (Fsp3) is 0.429. The Bertz CT molecular complexity index is 536. The molecule has 1 aliphatic rings. The van der Waals surface area contributed by atoms with Crippen molar-refractivity contribution in [1.29, 1.82) is 0 Å². The van der Waals surface area contributed by atoms with Gasteiger partial charge in [-0.1, -0.05) is 0 Å². The zero-order chi connectivity index (χ0) is 15.6. The molecular weight excluding hydrogens is 289 g/mol. The lowest BCUT2D eigenvalue weighted by atomic mass is 9.95. The average molecular weight is 302 g/mol. The van der Waals surface area contributed by atoms with Crippen LogP contribution in [0.1, 0.15) is 29.6 Å². The molecule has 0 aliphatic heterocycles. The molecule has 0 radical (unpaired) electrons. The molecule has 1 aliphatic carbocycles. The van der Waals surface area contributed by atoms with Crippen molar-refractivity contribution >= 4 is 11.8 Å². The van der Waals surface area contributed by atoms with Crippen molar-refractivity contribution in [1.82, 2.24) is 0 Å². The molecule has 2 unspecified atom stereocenters. The topological polar surface area (TPSA) is 63.6 Å². The number of ether oxygens (including phenoxy) is 1. The second kappa shape index (κ2) is 5.75. The molecule has 4 nitrogen and oxygen atoms in total. The van der Waals surface area contributed by atoms with Crippen molar-refractivity contribution < 1.29 is 32.6 Å². The van der Waals surface area contributed by atoms with Gasteiger partial charge in [0.05, 0.1) is 5.92 Å². The Balaban J connectivity index is 2.02. The van der Waals surface area contributed by atoms with Crippen LogP contribution in [0.25, 0.3) is 0 Å². The van der Waals surface area contributed by atoms with E-state index in [9.17, 15) is 22.8 Å². The summed E-state index contributed by atoms with van der Waals surface area (Å²) >= 11 is 0. The fourth-order valence-electron chi connectivity index (χ4n) is 2.50. The number of benzene rings is 1. The van der Waals surface area contributed by atoms with E-state index in [1.54, 1.807) is 0 Å². The zero-order valence-corrected chi connectivity index (χ0v) is 10.9. The molecule has 1 fully saturated rings. The molecule has 1 saturated carbocycles. The number of carboxylic acids is 1. The van der Waals surface area contributed by atoms with E-state index in [0.29, 0.717) is 12.8 Å². The van der Waals surface area contributed by atoms with Gasteiger partial charge in [0.1, 0.15) is 5.75 Å². The number of Topliss-reactive ketones (excluding diaryl/α,β-unsaturated/α-hetero) is 1. The van der Waals surface area contributed by atoms with Crippen LogP contribution in [0.3, 0.4) is 0 Å². The third kappa shape index (κ3) is 3.96. The molecule has 0 aromatic heterocycles. The molecule has 2 atom stereocenters. The summed E-state index contributed by atoms with van der Waals surface area (Å²) in [6, 6.07) is 4.67. The van der Waals surface area contributed by atoms with Gasteiger partial charge in [-0.25, -0.2) is 0 Å². The molecule has 0 saturated heterocycles. The zero-order valence-electron chi connectivity index (χ0n) is 10.9. The Kier molecular flexibility index (Phi) is 4.20. The summed E-state index contributed by atoms with van der Waals surface area (Å²) in [6.45, 7) is 0. The largest absolute Gasteiger partial charge is 0.573 e. The van der Waals surface area contributed by atoms with E-state index >= 15 is 0 Å². The van der Waals surface area contributed by atoms with Crippen LogP contribution < -0.4 is 4.74 Å². The monoisotopic (exact) mass is 302 g/mol. The maximum absolute atomic E-state index is 12.2. The third-order valence-electron chi connectivity index (χ3n) is 3.53. The maximum Gasteiger partial charge on any atom is 0.573 e. The second-order valence-corrected chi connectivity index (χ2v) is 4.98. The molecule has 114 valence electrons. The summed E-state index contributed by atoms with van der Waals surface area (Å²) < 4.78 is 39.8. The predicted molar refractivity (Wildman–Crippen MR) is 65.9 cm³/mol. The molecule has 1 N–H and O–H groups in total. The van der Waals surface area contributed by atoms with Crippen molar-refractivity contribution in [3.05, 3.63) is 29.8 Å². The first-order chi connectivity index (χ1) is 9.76. The predicted octanol–water partition coefficient (Wildman–Crippen LogP) is 3.27. The van der Waals surface area contributed by atoms with Crippen LogP contribution in [0.5, 0.6) is 5.75 Å². The van der Waals surface area contributed by atoms with E-state index in [1.807, 2.05) is 0 Å². The molecule has 0 amide bonds. The molecule has 0 bridgehead atoms. The molecule has 7 heteroatoms. The van der Waals surface area contributed by atoms with Crippen LogP contribution in [0.15, 0.2) is 24.3 Å². The summed E-state index contributed by atoms with van der Waals surface area (Å²) in [6.07, 6.45) is -3.57. The smallest absolute Gasteiger partial charge is 0.481 e. The lowest BCUT2D eigenvalue weighted by Gasteiger charge is -2.11. The van der Waals surface area contributed by atoms with E-state index in [4.69, 9.17) is 5.11 Å². The number of hydrogen-bond donors (Lipinski definition) is 1. The van der Waals surface area contributed by atoms with E-state index in [2.05, 4.69) is 4.74 Å². The van der Waals surface area contributed by atoms with Crippen LogP contribution in [0.4, 0.5) is 13.2 Å². The molecule has 0 spiro atoms. The lowest BCUT2D eigenvalue weighted by molar-refractivity contribution is -0.274. The Morgan fingerprint density at radius 1 is 1.10 bits per heavy atom. The summed E-state index contributed by atoms with van der Waals surface area (Å²) in [7, 11) is 0. The highest BCUT2D eigenvalue weighted by Gasteiger charge is 2.34. The van der Waals surface area contributed by atoms with Crippen LogP contribution in [-0.4, -0.2) is 23.2 Å². The lowest BCUT2D eigenvalue weighted by Crippen LogP contribution is -2.17. The van der Waals surface area contributed by atoms with Gasteiger partial charge in [0.2, 0.25) is 0 Å². The Morgan fingerprint density at radius 2 is 1.67 bits per heavy atom. The van der Waals surface area contributed by atoms with Gasteiger partial charge in [0.15, 0.2) is 5.78 Å². The number of ketones is 1. The Labute approximate surface area is 118 Å². The number of halogens is 3. The number of carboxylic acid groups (broad SMARTS) is 1. The first-order valence-corrected chi connectivity index (χ1v) is 6.39. The van der Waals surface area contributed by atoms with E-state index in [0.717, 1.165) is 12.1 Å². The summed E-state index contributed by atoms with van der Waals surface area (Å²) in [5.41, 5.74) is 0.264. The second-order valence-electron chi connectivity index (χ2n) is 4.98. The number of carbonyl (C=O) groups excluding carboxylic acids is 1. The number of alkyl halides is 3. The normalized spacial score (nSPS) is 22.0.